The number of nitrogens with one attached hydrogen (secondary N) is 2. The highest BCUT2D eigenvalue weighted by Gasteiger charge is 2.22. The number of rotatable bonds is 6. The van der Waals surface area contributed by atoms with Gasteiger partial charge >= 0.3 is 0 Å². The van der Waals surface area contributed by atoms with Crippen molar-refractivity contribution in [3.05, 3.63) is 53.3 Å². The second-order valence-corrected chi connectivity index (χ2v) is 8.83. The van der Waals surface area contributed by atoms with E-state index in [0.717, 1.165) is 11.3 Å². The highest BCUT2D eigenvalue weighted by Crippen LogP contribution is 2.38. The molecule has 3 aromatic rings. The zero-order valence-electron chi connectivity index (χ0n) is 15.0. The number of anilines is 2. The van der Waals surface area contributed by atoms with Crippen LogP contribution in [0.5, 0.6) is 0 Å². The lowest BCUT2D eigenvalue weighted by molar-refractivity contribution is -0.114. The third-order valence-electron chi connectivity index (χ3n) is 3.62. The molecule has 148 valence electrons. The van der Waals surface area contributed by atoms with Gasteiger partial charge in [-0.25, -0.2) is 18.4 Å². The van der Waals surface area contributed by atoms with Crippen molar-refractivity contribution < 1.29 is 13.2 Å². The number of benzene rings is 1. The van der Waals surface area contributed by atoms with Crippen LogP contribution in [0.15, 0.2) is 47.4 Å². The molecule has 0 saturated heterocycles. The molecule has 29 heavy (non-hydrogen) atoms. The topological polar surface area (TPSA) is 125 Å². The van der Waals surface area contributed by atoms with Gasteiger partial charge in [0.25, 0.3) is 10.0 Å². The molecule has 0 aliphatic heterocycles. The molecule has 11 heteroatoms. The summed E-state index contributed by atoms with van der Waals surface area (Å²) in [4.78, 5) is 20.3. The standard InChI is InChI=1S/C18H14ClN5O3S2/c1-11(25)21-18-22-14(9-10-20)16(28-18)13-7-8-15(19)23-17(13)24-29(26,27)12-5-3-2-4-6-12/h2-8H,9H2,1H3,(H,23,24)(H,21,22,25). The quantitative estimate of drug-likeness (QED) is 0.555. The van der Waals surface area contributed by atoms with E-state index in [0.29, 0.717) is 21.3 Å². The van der Waals surface area contributed by atoms with E-state index in [1.54, 1.807) is 24.3 Å². The predicted octanol–water partition coefficient (Wildman–Crippen LogP) is 3.68. The first kappa shape index (κ1) is 20.7. The molecule has 2 aromatic heterocycles. The maximum absolute atomic E-state index is 12.7. The van der Waals surface area contributed by atoms with Gasteiger partial charge in [0.15, 0.2) is 5.13 Å². The van der Waals surface area contributed by atoms with E-state index in [4.69, 9.17) is 16.9 Å². The van der Waals surface area contributed by atoms with Gasteiger partial charge in [-0.15, -0.1) is 0 Å². The Morgan fingerprint density at radius 3 is 2.59 bits per heavy atom. The lowest BCUT2D eigenvalue weighted by atomic mass is 10.1. The number of thiazole rings is 1. The third-order valence-corrected chi connectivity index (χ3v) is 6.23. The van der Waals surface area contributed by atoms with Gasteiger partial charge in [0, 0.05) is 12.5 Å². The van der Waals surface area contributed by atoms with Crippen molar-refractivity contribution in [2.45, 2.75) is 18.2 Å². The molecule has 2 heterocycles. The molecule has 0 unspecified atom stereocenters. The van der Waals surface area contributed by atoms with Gasteiger partial charge in [0.05, 0.1) is 28.0 Å². The Kier molecular flexibility index (Phi) is 6.12. The molecule has 0 saturated carbocycles. The molecule has 0 atom stereocenters. The fourth-order valence-corrected chi connectivity index (χ4v) is 4.69. The lowest BCUT2D eigenvalue weighted by Crippen LogP contribution is -2.14. The van der Waals surface area contributed by atoms with Gasteiger partial charge in [-0.05, 0) is 24.3 Å². The summed E-state index contributed by atoms with van der Waals surface area (Å²) in [7, 11) is -3.92. The van der Waals surface area contributed by atoms with Crippen LogP contribution in [-0.2, 0) is 21.2 Å². The number of aromatic nitrogens is 2. The lowest BCUT2D eigenvalue weighted by Gasteiger charge is -2.12. The van der Waals surface area contributed by atoms with E-state index >= 15 is 0 Å². The Labute approximate surface area is 176 Å². The van der Waals surface area contributed by atoms with E-state index in [-0.39, 0.29) is 28.2 Å². The van der Waals surface area contributed by atoms with Crippen molar-refractivity contribution in [3.63, 3.8) is 0 Å². The van der Waals surface area contributed by atoms with Crippen LogP contribution in [0.2, 0.25) is 5.15 Å². The molecule has 0 bridgehead atoms. The second kappa shape index (κ2) is 8.57. The van der Waals surface area contributed by atoms with E-state index in [9.17, 15) is 13.2 Å². The summed E-state index contributed by atoms with van der Waals surface area (Å²) < 4.78 is 27.9. The van der Waals surface area contributed by atoms with Gasteiger partial charge < -0.3 is 5.32 Å². The summed E-state index contributed by atoms with van der Waals surface area (Å²) in [6.07, 6.45) is -0.0288. The first-order valence-electron chi connectivity index (χ1n) is 8.19. The first-order chi connectivity index (χ1) is 13.8. The van der Waals surface area contributed by atoms with E-state index in [2.05, 4.69) is 20.0 Å². The molecule has 0 spiro atoms. The van der Waals surface area contributed by atoms with E-state index in [1.807, 2.05) is 6.07 Å². The Hall–Kier alpha value is -3.00. The molecule has 0 fully saturated rings. The van der Waals surface area contributed by atoms with E-state index < -0.39 is 10.0 Å². The van der Waals surface area contributed by atoms with Crippen LogP contribution in [0.3, 0.4) is 0 Å². The smallest absolute Gasteiger partial charge is 0.263 e. The predicted molar refractivity (Wildman–Crippen MR) is 111 cm³/mol. The van der Waals surface area contributed by atoms with Crippen molar-refractivity contribution in [1.29, 1.82) is 5.26 Å². The van der Waals surface area contributed by atoms with Crippen LogP contribution in [0.4, 0.5) is 10.9 Å². The fraction of sp³-hybridized carbons (Fsp3) is 0.111. The summed E-state index contributed by atoms with van der Waals surface area (Å²) in [6, 6.07) is 12.9. The number of hydrogen-bond donors (Lipinski definition) is 2. The van der Waals surface area contributed by atoms with Crippen molar-refractivity contribution in [1.82, 2.24) is 9.97 Å². The number of sulfonamides is 1. The number of halogens is 1. The number of carbonyl (C=O) groups is 1. The highest BCUT2D eigenvalue weighted by atomic mass is 35.5. The van der Waals surface area contributed by atoms with Crippen LogP contribution in [-0.4, -0.2) is 24.3 Å². The summed E-state index contributed by atoms with van der Waals surface area (Å²) in [5.41, 5.74) is 0.791. The number of pyridine rings is 1. The van der Waals surface area contributed by atoms with Crippen LogP contribution in [0.1, 0.15) is 12.6 Å². The fourth-order valence-electron chi connectivity index (χ4n) is 2.44. The molecule has 0 radical (unpaired) electrons. The molecule has 2 N–H and O–H groups in total. The molecule has 1 amide bonds. The molecule has 3 rings (SSSR count). The van der Waals surface area contributed by atoms with Gasteiger partial charge in [0.2, 0.25) is 5.91 Å². The minimum Gasteiger partial charge on any atom is -0.302 e. The Bertz CT molecular complexity index is 1200. The summed E-state index contributed by atoms with van der Waals surface area (Å²) >= 11 is 7.10. The maximum atomic E-state index is 12.7. The number of nitriles is 1. The SMILES string of the molecule is CC(=O)Nc1nc(CC#N)c(-c2ccc(Cl)nc2NS(=O)(=O)c2ccccc2)s1. The molecule has 0 aliphatic carbocycles. The minimum atomic E-state index is -3.92. The van der Waals surface area contributed by atoms with Gasteiger partial charge in [-0.3, -0.25) is 9.52 Å². The molecular formula is C18H14ClN5O3S2. The summed E-state index contributed by atoms with van der Waals surface area (Å²) in [5, 5.41) is 12.1. The first-order valence-corrected chi connectivity index (χ1v) is 10.9. The zero-order valence-corrected chi connectivity index (χ0v) is 17.4. The third kappa shape index (κ3) is 4.89. The minimum absolute atomic E-state index is 0.00133. The molecule has 8 nitrogen and oxygen atoms in total. The zero-order chi connectivity index (χ0) is 21.0. The Morgan fingerprint density at radius 2 is 1.93 bits per heavy atom. The second-order valence-electron chi connectivity index (χ2n) is 5.76. The number of carbonyl (C=O) groups excluding carboxylic acids is 1. The number of nitrogens with zero attached hydrogens (tertiary/aromatic N) is 3. The average molecular weight is 448 g/mol. The summed E-state index contributed by atoms with van der Waals surface area (Å²) in [6.45, 7) is 1.34. The normalized spacial score (nSPS) is 10.9. The molecule has 1 aromatic carbocycles. The largest absolute Gasteiger partial charge is 0.302 e. The number of amides is 1. The average Bonchev–Trinajstić information content (AvgIpc) is 3.04. The Morgan fingerprint density at radius 1 is 1.21 bits per heavy atom. The van der Waals surface area contributed by atoms with Crippen LogP contribution < -0.4 is 10.0 Å². The van der Waals surface area contributed by atoms with E-state index in [1.165, 1.54) is 25.1 Å². The Balaban J connectivity index is 2.09. The van der Waals surface area contributed by atoms with Gasteiger partial charge in [0.1, 0.15) is 11.0 Å². The van der Waals surface area contributed by atoms with Crippen LogP contribution in [0, 0.1) is 11.3 Å². The molecular weight excluding hydrogens is 434 g/mol. The summed E-state index contributed by atoms with van der Waals surface area (Å²) in [5.74, 6) is -0.313. The maximum Gasteiger partial charge on any atom is 0.263 e. The van der Waals surface area contributed by atoms with Crippen molar-refractivity contribution in [3.8, 4) is 16.5 Å². The number of hydrogen-bond acceptors (Lipinski definition) is 7. The van der Waals surface area contributed by atoms with Crippen molar-refractivity contribution in [2.24, 2.45) is 0 Å². The van der Waals surface area contributed by atoms with Gasteiger partial charge in [-0.1, -0.05) is 41.1 Å². The van der Waals surface area contributed by atoms with Crippen molar-refractivity contribution in [2.75, 3.05) is 10.0 Å². The monoisotopic (exact) mass is 447 g/mol. The molecule has 0 aliphatic rings. The van der Waals surface area contributed by atoms with Crippen LogP contribution >= 0.6 is 22.9 Å². The van der Waals surface area contributed by atoms with Crippen LogP contribution in [0.25, 0.3) is 10.4 Å². The van der Waals surface area contributed by atoms with Gasteiger partial charge in [-0.2, -0.15) is 5.26 Å². The highest BCUT2D eigenvalue weighted by molar-refractivity contribution is 7.92. The van der Waals surface area contributed by atoms with Crippen molar-refractivity contribution >= 4 is 49.8 Å².